The minimum atomic E-state index is -1.48. The normalized spacial score (nSPS) is 12.3. The molecular formula is C22H23FN2O8. The molecule has 2 rings (SSSR count). The van der Waals surface area contributed by atoms with Crippen molar-refractivity contribution >= 4 is 23.9 Å². The van der Waals surface area contributed by atoms with Crippen LogP contribution < -0.4 is 15.4 Å². The molecule has 33 heavy (non-hydrogen) atoms. The van der Waals surface area contributed by atoms with Gasteiger partial charge in [0.2, 0.25) is 0 Å². The number of nitrogens with one attached hydrogen (secondary N) is 2. The van der Waals surface area contributed by atoms with Crippen LogP contribution in [0.25, 0.3) is 0 Å². The lowest BCUT2D eigenvalue weighted by molar-refractivity contribution is -0.140. The lowest BCUT2D eigenvalue weighted by atomic mass is 10.1. The molecule has 0 spiro atoms. The predicted molar refractivity (Wildman–Crippen MR) is 112 cm³/mol. The van der Waals surface area contributed by atoms with E-state index in [1.807, 2.05) is 0 Å². The van der Waals surface area contributed by atoms with Crippen LogP contribution in [0.5, 0.6) is 5.75 Å². The third kappa shape index (κ3) is 8.85. The maximum atomic E-state index is 12.9. The molecule has 176 valence electrons. The average molecular weight is 462 g/mol. The first-order valence-corrected chi connectivity index (χ1v) is 9.84. The first-order chi connectivity index (χ1) is 15.6. The van der Waals surface area contributed by atoms with Crippen molar-refractivity contribution in [1.29, 1.82) is 0 Å². The van der Waals surface area contributed by atoms with Crippen LogP contribution in [0.4, 0.5) is 9.18 Å². The summed E-state index contributed by atoms with van der Waals surface area (Å²) in [4.78, 5) is 45.4. The zero-order valence-corrected chi connectivity index (χ0v) is 17.4. The second kappa shape index (κ2) is 12.0. The Morgan fingerprint density at radius 1 is 0.818 bits per heavy atom. The number of aliphatic carboxylic acids is 3. The number of carboxylic acid groups (broad SMARTS) is 3. The van der Waals surface area contributed by atoms with Crippen LogP contribution in [-0.4, -0.2) is 51.3 Å². The van der Waals surface area contributed by atoms with Crippen molar-refractivity contribution in [3.05, 3.63) is 65.5 Å². The Hall–Kier alpha value is -4.15. The summed E-state index contributed by atoms with van der Waals surface area (Å²) in [7, 11) is 0. The standard InChI is InChI=1S/C22H23FN2O8/c23-15-5-1-14(2-6-15)12-33-16-7-3-13(4-8-16)11-18(21(30)31)25-22(32)24-17(20(28)29)9-10-19(26)27/h1-8,17-18H,9-12H2,(H,26,27)(H,28,29)(H,30,31)(H2,24,25,32). The van der Waals surface area contributed by atoms with Crippen molar-refractivity contribution < 1.29 is 43.6 Å². The molecule has 2 atom stereocenters. The predicted octanol–water partition coefficient (Wildman–Crippen LogP) is 2.02. The fourth-order valence-corrected chi connectivity index (χ4v) is 2.79. The van der Waals surface area contributed by atoms with Crippen molar-refractivity contribution in [1.82, 2.24) is 10.6 Å². The zero-order valence-electron chi connectivity index (χ0n) is 17.4. The Balaban J connectivity index is 1.91. The molecule has 0 fully saturated rings. The van der Waals surface area contributed by atoms with Gasteiger partial charge in [0.25, 0.3) is 0 Å². The summed E-state index contributed by atoms with van der Waals surface area (Å²) in [6.07, 6.45) is -0.918. The van der Waals surface area contributed by atoms with Crippen LogP contribution in [0.3, 0.4) is 0 Å². The van der Waals surface area contributed by atoms with Gasteiger partial charge in [-0.1, -0.05) is 24.3 Å². The van der Waals surface area contributed by atoms with Gasteiger partial charge in [-0.25, -0.2) is 18.8 Å². The molecule has 0 aromatic heterocycles. The van der Waals surface area contributed by atoms with E-state index in [1.165, 1.54) is 12.1 Å². The Kier molecular flexibility index (Phi) is 9.16. The Labute approximate surface area is 188 Å². The molecule has 2 aromatic rings. The Morgan fingerprint density at radius 3 is 1.91 bits per heavy atom. The van der Waals surface area contributed by atoms with E-state index in [0.717, 1.165) is 5.56 Å². The van der Waals surface area contributed by atoms with Crippen molar-refractivity contribution in [3.8, 4) is 5.75 Å². The molecule has 0 aliphatic heterocycles. The SMILES string of the molecule is O=C(O)CCC(NC(=O)NC(Cc1ccc(OCc2ccc(F)cc2)cc1)C(=O)O)C(=O)O. The minimum Gasteiger partial charge on any atom is -0.489 e. The van der Waals surface area contributed by atoms with Crippen LogP contribution in [0.1, 0.15) is 24.0 Å². The van der Waals surface area contributed by atoms with Gasteiger partial charge in [0.05, 0.1) is 0 Å². The third-order valence-electron chi connectivity index (χ3n) is 4.54. The molecule has 2 aromatic carbocycles. The summed E-state index contributed by atoms with van der Waals surface area (Å²) >= 11 is 0. The summed E-state index contributed by atoms with van der Waals surface area (Å²) in [5, 5.41) is 31.4. The molecule has 2 amide bonds. The van der Waals surface area contributed by atoms with Gasteiger partial charge >= 0.3 is 23.9 Å². The summed E-state index contributed by atoms with van der Waals surface area (Å²) in [6.45, 7) is 0.214. The molecule has 0 aliphatic rings. The molecule has 0 aliphatic carbocycles. The molecule has 2 unspecified atom stereocenters. The van der Waals surface area contributed by atoms with E-state index >= 15 is 0 Å². The van der Waals surface area contributed by atoms with E-state index in [1.54, 1.807) is 36.4 Å². The molecule has 11 heteroatoms. The van der Waals surface area contributed by atoms with Crippen molar-refractivity contribution in [2.75, 3.05) is 0 Å². The van der Waals surface area contributed by atoms with E-state index < -0.39 is 42.4 Å². The number of carboxylic acids is 3. The van der Waals surface area contributed by atoms with Gasteiger partial charge in [-0.05, 0) is 41.8 Å². The fraction of sp³-hybridized carbons (Fsp3) is 0.273. The van der Waals surface area contributed by atoms with E-state index in [2.05, 4.69) is 10.6 Å². The maximum absolute atomic E-state index is 12.9. The number of rotatable bonds is 12. The number of carbonyl (C=O) groups excluding carboxylic acids is 1. The molecular weight excluding hydrogens is 439 g/mol. The Bertz CT molecular complexity index is 979. The number of halogens is 1. The molecule has 5 N–H and O–H groups in total. The summed E-state index contributed by atoms with van der Waals surface area (Å²) in [5.41, 5.74) is 1.34. The quantitative estimate of drug-likeness (QED) is 0.320. The van der Waals surface area contributed by atoms with E-state index in [-0.39, 0.29) is 25.3 Å². The van der Waals surface area contributed by atoms with Gasteiger partial charge in [0, 0.05) is 12.8 Å². The molecule has 0 bridgehead atoms. The van der Waals surface area contributed by atoms with E-state index in [0.29, 0.717) is 11.3 Å². The number of carbonyl (C=O) groups is 4. The number of amides is 2. The van der Waals surface area contributed by atoms with Gasteiger partial charge in [-0.15, -0.1) is 0 Å². The number of urea groups is 1. The van der Waals surface area contributed by atoms with Crippen molar-refractivity contribution in [2.24, 2.45) is 0 Å². The monoisotopic (exact) mass is 462 g/mol. The summed E-state index contributed by atoms with van der Waals surface area (Å²) in [5.74, 6) is -3.84. The van der Waals surface area contributed by atoms with Crippen molar-refractivity contribution in [3.63, 3.8) is 0 Å². The molecule has 0 saturated carbocycles. The third-order valence-corrected chi connectivity index (χ3v) is 4.54. The minimum absolute atomic E-state index is 0.0894. The van der Waals surface area contributed by atoms with Gasteiger partial charge < -0.3 is 30.7 Å². The first kappa shape index (κ1) is 25.1. The van der Waals surface area contributed by atoms with Gasteiger partial charge in [-0.2, -0.15) is 0 Å². The number of hydrogen-bond donors (Lipinski definition) is 5. The topological polar surface area (TPSA) is 162 Å². The molecule has 10 nitrogen and oxygen atoms in total. The van der Waals surface area contributed by atoms with Crippen LogP contribution in [0, 0.1) is 5.82 Å². The summed E-state index contributed by atoms with van der Waals surface area (Å²) in [6, 6.07) is 8.41. The van der Waals surface area contributed by atoms with Crippen molar-refractivity contribution in [2.45, 2.75) is 38.0 Å². The summed E-state index contributed by atoms with van der Waals surface area (Å²) < 4.78 is 18.5. The number of hydrogen-bond acceptors (Lipinski definition) is 5. The molecule has 0 saturated heterocycles. The highest BCUT2D eigenvalue weighted by Crippen LogP contribution is 2.16. The van der Waals surface area contributed by atoms with Gasteiger partial charge in [0.15, 0.2) is 0 Å². The zero-order chi connectivity index (χ0) is 24.4. The van der Waals surface area contributed by atoms with E-state index in [9.17, 15) is 28.7 Å². The highest BCUT2D eigenvalue weighted by atomic mass is 19.1. The average Bonchev–Trinajstić information content (AvgIpc) is 2.76. The second-order valence-electron chi connectivity index (χ2n) is 7.10. The first-order valence-electron chi connectivity index (χ1n) is 9.84. The smallest absolute Gasteiger partial charge is 0.326 e. The second-order valence-corrected chi connectivity index (χ2v) is 7.10. The highest BCUT2D eigenvalue weighted by molar-refractivity contribution is 5.86. The highest BCUT2D eigenvalue weighted by Gasteiger charge is 2.25. The lowest BCUT2D eigenvalue weighted by Gasteiger charge is -2.18. The Morgan fingerprint density at radius 2 is 1.36 bits per heavy atom. The lowest BCUT2D eigenvalue weighted by Crippen LogP contribution is -2.51. The maximum Gasteiger partial charge on any atom is 0.326 e. The van der Waals surface area contributed by atoms with Gasteiger partial charge in [-0.3, -0.25) is 4.79 Å². The molecule has 0 radical (unpaired) electrons. The van der Waals surface area contributed by atoms with Crippen LogP contribution in [-0.2, 0) is 27.4 Å². The van der Waals surface area contributed by atoms with E-state index in [4.69, 9.17) is 14.9 Å². The fourth-order valence-electron chi connectivity index (χ4n) is 2.79. The van der Waals surface area contributed by atoms with Crippen LogP contribution in [0.2, 0.25) is 0 Å². The number of ether oxygens (including phenoxy) is 1. The van der Waals surface area contributed by atoms with Crippen LogP contribution in [0.15, 0.2) is 48.5 Å². The van der Waals surface area contributed by atoms with Gasteiger partial charge in [0.1, 0.15) is 30.3 Å². The molecule has 0 heterocycles. The number of benzene rings is 2. The largest absolute Gasteiger partial charge is 0.489 e. The van der Waals surface area contributed by atoms with Crippen LogP contribution >= 0.6 is 0 Å².